The Bertz CT molecular complexity index is 765. The van der Waals surface area contributed by atoms with Gasteiger partial charge in [0.1, 0.15) is 6.10 Å². The van der Waals surface area contributed by atoms with Crippen molar-refractivity contribution in [2.24, 2.45) is 23.2 Å². The van der Waals surface area contributed by atoms with Crippen LogP contribution in [0.2, 0.25) is 0 Å². The van der Waals surface area contributed by atoms with Gasteiger partial charge in [0.05, 0.1) is 12.7 Å². The van der Waals surface area contributed by atoms with Crippen LogP contribution in [0.1, 0.15) is 45.1 Å². The molecule has 152 valence electrons. The summed E-state index contributed by atoms with van der Waals surface area (Å²) in [7, 11) is 1.78. The van der Waals surface area contributed by atoms with Crippen molar-refractivity contribution < 1.29 is 14.9 Å². The fraction of sp³-hybridized carbons (Fsp3) is 0.600. The summed E-state index contributed by atoms with van der Waals surface area (Å²) in [6.45, 7) is 5.12. The Morgan fingerprint density at radius 1 is 1.14 bits per heavy atom. The summed E-state index contributed by atoms with van der Waals surface area (Å²) in [6.07, 6.45) is 6.03. The molecule has 0 saturated heterocycles. The van der Waals surface area contributed by atoms with Crippen molar-refractivity contribution >= 4 is 0 Å². The number of fused-ring (bicyclic) bond motifs is 2. The highest BCUT2D eigenvalue weighted by Gasteiger charge is 2.48. The van der Waals surface area contributed by atoms with Gasteiger partial charge >= 0.3 is 0 Å². The first-order valence-corrected chi connectivity index (χ1v) is 10.8. The molecule has 1 saturated carbocycles. The topological polar surface area (TPSA) is 49.7 Å². The number of ether oxygens (including phenoxy) is 1. The Morgan fingerprint density at radius 3 is 2.61 bits per heavy atom. The van der Waals surface area contributed by atoms with Crippen LogP contribution in [0.3, 0.4) is 0 Å². The van der Waals surface area contributed by atoms with Crippen molar-refractivity contribution in [2.75, 3.05) is 13.7 Å². The van der Waals surface area contributed by atoms with Crippen LogP contribution >= 0.6 is 0 Å². The first-order valence-electron chi connectivity index (χ1n) is 10.8. The quantitative estimate of drug-likeness (QED) is 0.764. The Labute approximate surface area is 169 Å². The van der Waals surface area contributed by atoms with E-state index in [1.54, 1.807) is 7.11 Å². The minimum atomic E-state index is -0.777. The molecule has 0 spiro atoms. The molecule has 0 bridgehead atoms. The molecule has 4 rings (SSSR count). The lowest BCUT2D eigenvalue weighted by Gasteiger charge is -2.39. The summed E-state index contributed by atoms with van der Waals surface area (Å²) in [5.41, 5.74) is 4.94. The third-order valence-electron chi connectivity index (χ3n) is 7.57. The SMILES string of the molecule is COC[C@H]1CCC2/C1=C\[C@@]1(C)CCC(Cc3ccccc3)=C1[C@@H](O)[C@H](O)[C@@H]2C. The predicted molar refractivity (Wildman–Crippen MR) is 112 cm³/mol. The van der Waals surface area contributed by atoms with Crippen molar-refractivity contribution in [3.05, 3.63) is 58.7 Å². The van der Waals surface area contributed by atoms with E-state index in [0.717, 1.165) is 44.3 Å². The van der Waals surface area contributed by atoms with E-state index in [4.69, 9.17) is 4.74 Å². The van der Waals surface area contributed by atoms with E-state index in [9.17, 15) is 10.2 Å². The number of methoxy groups -OCH3 is 1. The maximum absolute atomic E-state index is 11.3. The number of rotatable bonds is 4. The van der Waals surface area contributed by atoms with Gasteiger partial charge < -0.3 is 14.9 Å². The van der Waals surface area contributed by atoms with E-state index < -0.39 is 12.2 Å². The molecular weight excluding hydrogens is 348 g/mol. The van der Waals surface area contributed by atoms with Crippen LogP contribution in [0.25, 0.3) is 0 Å². The molecule has 0 radical (unpaired) electrons. The number of hydrogen-bond acceptors (Lipinski definition) is 3. The van der Waals surface area contributed by atoms with Gasteiger partial charge in [0, 0.05) is 18.4 Å². The summed E-state index contributed by atoms with van der Waals surface area (Å²) < 4.78 is 5.51. The van der Waals surface area contributed by atoms with Crippen molar-refractivity contribution in [3.8, 4) is 0 Å². The van der Waals surface area contributed by atoms with Gasteiger partial charge in [0.25, 0.3) is 0 Å². The zero-order valence-corrected chi connectivity index (χ0v) is 17.4. The number of allylic oxidation sites excluding steroid dienone is 2. The van der Waals surface area contributed by atoms with Crippen LogP contribution in [-0.2, 0) is 11.2 Å². The van der Waals surface area contributed by atoms with E-state index in [-0.39, 0.29) is 11.3 Å². The smallest absolute Gasteiger partial charge is 0.102 e. The summed E-state index contributed by atoms with van der Waals surface area (Å²) in [4.78, 5) is 0. The molecule has 3 nitrogen and oxygen atoms in total. The third-order valence-corrected chi connectivity index (χ3v) is 7.57. The van der Waals surface area contributed by atoms with Gasteiger partial charge in [-0.15, -0.1) is 0 Å². The fourth-order valence-electron chi connectivity index (χ4n) is 6.06. The number of benzene rings is 1. The van der Waals surface area contributed by atoms with Gasteiger partial charge in [0.2, 0.25) is 0 Å². The van der Waals surface area contributed by atoms with Crippen LogP contribution in [0, 0.1) is 23.2 Å². The van der Waals surface area contributed by atoms with Gasteiger partial charge in [0.15, 0.2) is 0 Å². The zero-order valence-electron chi connectivity index (χ0n) is 17.4. The third kappa shape index (κ3) is 3.38. The van der Waals surface area contributed by atoms with E-state index in [1.165, 1.54) is 16.7 Å². The molecule has 2 N–H and O–H groups in total. The maximum atomic E-state index is 11.3. The van der Waals surface area contributed by atoms with Gasteiger partial charge in [-0.25, -0.2) is 0 Å². The van der Waals surface area contributed by atoms with E-state index in [0.29, 0.717) is 11.8 Å². The first-order chi connectivity index (χ1) is 13.4. The molecule has 1 aromatic rings. The Kier molecular flexibility index (Phi) is 5.52. The molecule has 1 fully saturated rings. The second-order valence-electron chi connectivity index (χ2n) is 9.37. The van der Waals surface area contributed by atoms with Crippen LogP contribution in [-0.4, -0.2) is 36.1 Å². The normalized spacial score (nSPS) is 39.8. The molecule has 6 atom stereocenters. The molecule has 3 aliphatic carbocycles. The van der Waals surface area contributed by atoms with Crippen LogP contribution < -0.4 is 0 Å². The molecule has 28 heavy (non-hydrogen) atoms. The highest BCUT2D eigenvalue weighted by Crippen LogP contribution is 2.54. The highest BCUT2D eigenvalue weighted by molar-refractivity contribution is 5.42. The van der Waals surface area contributed by atoms with E-state index >= 15 is 0 Å². The van der Waals surface area contributed by atoms with Crippen molar-refractivity contribution in [1.82, 2.24) is 0 Å². The Hall–Kier alpha value is -1.42. The minimum Gasteiger partial charge on any atom is -0.390 e. The van der Waals surface area contributed by atoms with E-state index in [1.807, 2.05) is 6.07 Å². The molecule has 0 heterocycles. The van der Waals surface area contributed by atoms with Crippen LogP contribution in [0.5, 0.6) is 0 Å². The summed E-state index contributed by atoms with van der Waals surface area (Å²) in [6, 6.07) is 10.5. The first kappa shape index (κ1) is 19.9. The van der Waals surface area contributed by atoms with E-state index in [2.05, 4.69) is 44.2 Å². The Balaban J connectivity index is 1.78. The lowest BCUT2D eigenvalue weighted by Crippen LogP contribution is -2.42. The number of hydrogen-bond donors (Lipinski definition) is 2. The summed E-state index contributed by atoms with van der Waals surface area (Å²) in [5, 5.41) is 22.4. The molecule has 1 unspecified atom stereocenters. The lowest BCUT2D eigenvalue weighted by molar-refractivity contribution is -0.0145. The van der Waals surface area contributed by atoms with Crippen molar-refractivity contribution in [1.29, 1.82) is 0 Å². The molecule has 0 aliphatic heterocycles. The number of aliphatic hydroxyl groups excluding tert-OH is 2. The summed E-state index contributed by atoms with van der Waals surface area (Å²) in [5.74, 6) is 0.844. The second-order valence-corrected chi connectivity index (χ2v) is 9.37. The summed E-state index contributed by atoms with van der Waals surface area (Å²) >= 11 is 0. The standard InChI is InChI=1S/C25H34O3/c1-16-20-10-9-19(15-28-3)21(20)14-25(2)12-11-18(22(25)24(27)23(16)26)13-17-7-5-4-6-8-17/h4-8,14,16,19-20,23-24,26-27H,9-13,15H2,1-3H3/b21-14-/t16-,19-,20?,23-,24-,25-/m1/s1. The van der Waals surface area contributed by atoms with Gasteiger partial charge in [-0.3, -0.25) is 0 Å². The molecule has 3 heteroatoms. The average molecular weight is 383 g/mol. The van der Waals surface area contributed by atoms with Gasteiger partial charge in [-0.1, -0.05) is 61.4 Å². The molecule has 1 aromatic carbocycles. The van der Waals surface area contributed by atoms with Gasteiger partial charge in [-0.2, -0.15) is 0 Å². The number of aliphatic hydroxyl groups is 2. The largest absolute Gasteiger partial charge is 0.390 e. The highest BCUT2D eigenvalue weighted by atomic mass is 16.5. The Morgan fingerprint density at radius 2 is 1.89 bits per heavy atom. The van der Waals surface area contributed by atoms with Crippen LogP contribution in [0.4, 0.5) is 0 Å². The van der Waals surface area contributed by atoms with Crippen LogP contribution in [0.15, 0.2) is 53.1 Å². The average Bonchev–Trinajstić information content (AvgIpc) is 3.22. The van der Waals surface area contributed by atoms with Gasteiger partial charge in [-0.05, 0) is 55.1 Å². The van der Waals surface area contributed by atoms with Crippen molar-refractivity contribution in [2.45, 2.75) is 58.2 Å². The zero-order chi connectivity index (χ0) is 19.9. The lowest BCUT2D eigenvalue weighted by atomic mass is 9.69. The second kappa shape index (κ2) is 7.78. The molecule has 3 aliphatic rings. The predicted octanol–water partition coefficient (Wildman–Crippen LogP) is 4.30. The monoisotopic (exact) mass is 382 g/mol. The molecular formula is C25H34O3. The minimum absolute atomic E-state index is 0.0544. The van der Waals surface area contributed by atoms with Crippen molar-refractivity contribution in [3.63, 3.8) is 0 Å². The molecule has 0 aromatic heterocycles. The maximum Gasteiger partial charge on any atom is 0.102 e. The fourth-order valence-corrected chi connectivity index (χ4v) is 6.06. The molecule has 0 amide bonds.